The molecule has 0 unspecified atom stereocenters. The second kappa shape index (κ2) is 7.35. The van der Waals surface area contributed by atoms with Crippen LogP contribution in [0.3, 0.4) is 0 Å². The number of carbonyl (C=O) groups excluding carboxylic acids is 2. The van der Waals surface area contributed by atoms with Crippen LogP contribution in [0.4, 0.5) is 11.4 Å². The second-order valence-corrected chi connectivity index (χ2v) is 7.39. The number of anilines is 2. The van der Waals surface area contributed by atoms with Crippen LogP contribution in [0.1, 0.15) is 11.7 Å². The Bertz CT molecular complexity index is 1150. The number of amides is 2. The first kappa shape index (κ1) is 18.4. The molecule has 2 aromatic carbocycles. The molecule has 7 nitrogen and oxygen atoms in total. The van der Waals surface area contributed by atoms with Crippen molar-refractivity contribution in [3.8, 4) is 11.5 Å². The van der Waals surface area contributed by atoms with E-state index in [-0.39, 0.29) is 25.2 Å². The molecule has 1 N–H and O–H groups in total. The maximum Gasteiger partial charge on any atom is 0.294 e. The number of nitrogens with one attached hydrogen (secondary N) is 1. The first-order valence-corrected chi connectivity index (χ1v) is 9.74. The Morgan fingerprint density at radius 2 is 1.87 bits per heavy atom. The molecular formula is C22H17ClN3O4+. The highest BCUT2D eigenvalue weighted by atomic mass is 35.5. The largest absolute Gasteiger partial charge is 0.454 e. The number of aromatic nitrogens is 1. The number of ether oxygens (including phenoxy) is 2. The molecule has 0 fully saturated rings. The van der Waals surface area contributed by atoms with Crippen molar-refractivity contribution < 1.29 is 23.6 Å². The van der Waals surface area contributed by atoms with Crippen molar-refractivity contribution in [3.63, 3.8) is 0 Å². The number of rotatable bonds is 3. The van der Waals surface area contributed by atoms with Crippen LogP contribution in [0.5, 0.6) is 11.5 Å². The van der Waals surface area contributed by atoms with E-state index in [4.69, 9.17) is 21.1 Å². The third kappa shape index (κ3) is 3.23. The Labute approximate surface area is 177 Å². The van der Waals surface area contributed by atoms with Crippen LogP contribution in [0.15, 0.2) is 66.9 Å². The van der Waals surface area contributed by atoms with Crippen LogP contribution in [-0.2, 0) is 16.1 Å². The summed E-state index contributed by atoms with van der Waals surface area (Å²) in [6.45, 7) is 0.265. The van der Waals surface area contributed by atoms with Gasteiger partial charge in [0.05, 0.1) is 0 Å². The van der Waals surface area contributed by atoms with Crippen molar-refractivity contribution in [2.24, 2.45) is 0 Å². The molecule has 2 aliphatic heterocycles. The summed E-state index contributed by atoms with van der Waals surface area (Å²) in [5, 5.41) is 3.46. The Balaban J connectivity index is 1.56. The lowest BCUT2D eigenvalue weighted by atomic mass is 10.0. The Kier molecular flexibility index (Phi) is 4.52. The molecule has 0 saturated carbocycles. The third-order valence-electron chi connectivity index (χ3n) is 5.08. The van der Waals surface area contributed by atoms with E-state index in [1.54, 1.807) is 53.2 Å². The van der Waals surface area contributed by atoms with Gasteiger partial charge in [-0.05, 0) is 36.4 Å². The molecule has 3 aromatic rings. The van der Waals surface area contributed by atoms with Gasteiger partial charge < -0.3 is 14.8 Å². The van der Waals surface area contributed by atoms with Crippen LogP contribution < -0.4 is 24.3 Å². The highest BCUT2D eigenvalue weighted by Crippen LogP contribution is 2.38. The summed E-state index contributed by atoms with van der Waals surface area (Å²) in [6.07, 6.45) is 1.80. The molecule has 0 aliphatic carbocycles. The van der Waals surface area contributed by atoms with Crippen LogP contribution in [0.2, 0.25) is 5.02 Å². The van der Waals surface area contributed by atoms with Crippen molar-refractivity contribution in [1.82, 2.24) is 0 Å². The highest BCUT2D eigenvalue weighted by Gasteiger charge is 2.44. The van der Waals surface area contributed by atoms with E-state index in [0.29, 0.717) is 33.6 Å². The fraction of sp³-hybridized carbons (Fsp3) is 0.136. The third-order valence-corrected chi connectivity index (χ3v) is 5.33. The Morgan fingerprint density at radius 3 is 2.70 bits per heavy atom. The summed E-state index contributed by atoms with van der Waals surface area (Å²) in [7, 11) is 0. The van der Waals surface area contributed by atoms with Crippen LogP contribution in [-0.4, -0.2) is 18.6 Å². The number of benzene rings is 2. The van der Waals surface area contributed by atoms with Gasteiger partial charge in [-0.25, -0.2) is 0 Å². The molecule has 1 aromatic heterocycles. The van der Waals surface area contributed by atoms with Gasteiger partial charge in [0.2, 0.25) is 25.1 Å². The Morgan fingerprint density at radius 1 is 1.07 bits per heavy atom. The summed E-state index contributed by atoms with van der Waals surface area (Å²) in [5.41, 5.74) is 1.87. The average Bonchev–Trinajstić information content (AvgIpc) is 3.22. The number of carbonyl (C=O) groups is 2. The molecule has 1 atom stereocenters. The number of hydrogen-bond donors (Lipinski definition) is 1. The molecule has 30 heavy (non-hydrogen) atoms. The topological polar surface area (TPSA) is 71.8 Å². The predicted molar refractivity (Wildman–Crippen MR) is 110 cm³/mol. The monoisotopic (exact) mass is 422 g/mol. The number of hydrogen-bond acceptors (Lipinski definition) is 4. The number of nitrogens with zero attached hydrogens (tertiary/aromatic N) is 2. The van der Waals surface area contributed by atoms with Gasteiger partial charge in [0.15, 0.2) is 17.7 Å². The molecule has 0 saturated heterocycles. The molecule has 150 valence electrons. The van der Waals surface area contributed by atoms with Gasteiger partial charge in [0, 0.05) is 34.6 Å². The second-order valence-electron chi connectivity index (χ2n) is 6.95. The predicted octanol–water partition coefficient (Wildman–Crippen LogP) is 3.08. The van der Waals surface area contributed by atoms with E-state index < -0.39 is 6.04 Å². The smallest absolute Gasteiger partial charge is 0.294 e. The van der Waals surface area contributed by atoms with Gasteiger partial charge in [-0.15, -0.1) is 0 Å². The van der Waals surface area contributed by atoms with Crippen LogP contribution >= 0.6 is 11.6 Å². The summed E-state index contributed by atoms with van der Waals surface area (Å²) in [6, 6.07) is 16.7. The molecule has 8 heteroatoms. The van der Waals surface area contributed by atoms with Crippen molar-refractivity contribution in [2.75, 3.05) is 17.0 Å². The summed E-state index contributed by atoms with van der Waals surface area (Å²) in [5.74, 6) is 0.626. The van der Waals surface area contributed by atoms with E-state index in [1.165, 1.54) is 4.90 Å². The number of fused-ring (bicyclic) bond motifs is 2. The lowest BCUT2D eigenvalue weighted by Gasteiger charge is -2.32. The Hall–Kier alpha value is -3.58. The normalized spacial score (nSPS) is 16.9. The fourth-order valence-corrected chi connectivity index (χ4v) is 3.83. The van der Waals surface area contributed by atoms with Gasteiger partial charge in [-0.1, -0.05) is 17.7 Å². The first-order chi connectivity index (χ1) is 14.6. The van der Waals surface area contributed by atoms with Gasteiger partial charge in [0.1, 0.15) is 0 Å². The van der Waals surface area contributed by atoms with Gasteiger partial charge >= 0.3 is 0 Å². The lowest BCUT2D eigenvalue weighted by Crippen LogP contribution is -2.58. The molecule has 0 spiro atoms. The summed E-state index contributed by atoms with van der Waals surface area (Å²) in [4.78, 5) is 28.0. The molecule has 3 heterocycles. The van der Waals surface area contributed by atoms with E-state index >= 15 is 0 Å². The van der Waals surface area contributed by atoms with E-state index in [9.17, 15) is 9.59 Å². The minimum atomic E-state index is -0.858. The minimum Gasteiger partial charge on any atom is -0.454 e. The maximum atomic E-state index is 13.4. The zero-order valence-electron chi connectivity index (χ0n) is 15.7. The van der Waals surface area contributed by atoms with Crippen molar-refractivity contribution in [3.05, 3.63) is 77.6 Å². The van der Waals surface area contributed by atoms with E-state index in [2.05, 4.69) is 5.32 Å². The van der Waals surface area contributed by atoms with E-state index in [1.807, 2.05) is 18.2 Å². The van der Waals surface area contributed by atoms with Crippen LogP contribution in [0, 0.1) is 0 Å². The quantitative estimate of drug-likeness (QED) is 0.658. The summed E-state index contributed by atoms with van der Waals surface area (Å²) < 4.78 is 12.6. The number of pyridine rings is 1. The minimum absolute atomic E-state index is 0.131. The van der Waals surface area contributed by atoms with E-state index in [0.717, 1.165) is 0 Å². The summed E-state index contributed by atoms with van der Waals surface area (Å²) >= 11 is 5.94. The zero-order valence-corrected chi connectivity index (χ0v) is 16.5. The van der Waals surface area contributed by atoms with Gasteiger partial charge in [-0.3, -0.25) is 14.5 Å². The van der Waals surface area contributed by atoms with Crippen molar-refractivity contribution >= 4 is 34.8 Å². The average molecular weight is 423 g/mol. The van der Waals surface area contributed by atoms with Crippen molar-refractivity contribution in [2.45, 2.75) is 12.6 Å². The molecule has 2 amide bonds. The van der Waals surface area contributed by atoms with Gasteiger partial charge in [-0.2, -0.15) is 4.57 Å². The highest BCUT2D eigenvalue weighted by molar-refractivity contribution is 6.30. The molecular weight excluding hydrogens is 406 g/mol. The fourth-order valence-electron chi connectivity index (χ4n) is 3.70. The van der Waals surface area contributed by atoms with Crippen molar-refractivity contribution in [1.29, 1.82) is 0 Å². The van der Waals surface area contributed by atoms with Gasteiger partial charge in [0.25, 0.3) is 11.8 Å². The molecule has 5 rings (SSSR count). The SMILES string of the molecule is O=C(Nc1ccc(Cl)cc1)[C@H]1c2cccc[n+]2CC(=O)N1c1ccc2c(c1)OCO2. The first-order valence-electron chi connectivity index (χ1n) is 9.37. The molecule has 0 bridgehead atoms. The standard InChI is InChI=1S/C22H16ClN3O4/c23-14-4-6-15(7-5-14)24-22(28)21-17-3-1-2-10-25(17)12-20(27)26(21)16-8-9-18-19(11-16)30-13-29-18/h1-11,21H,12-13H2/p+1/t21-/m1/s1. The molecule has 0 radical (unpaired) electrons. The van der Waals surface area contributed by atoms with Crippen LogP contribution in [0.25, 0.3) is 0 Å². The number of halogens is 1. The molecule has 2 aliphatic rings. The maximum absolute atomic E-state index is 13.4. The zero-order chi connectivity index (χ0) is 20.7. The lowest BCUT2D eigenvalue weighted by molar-refractivity contribution is -0.695.